The number of carbonyl (C=O) groups excluding carboxylic acids is 1. The number of carbonyl (C=O) groups is 1. The highest BCUT2D eigenvalue weighted by Gasteiger charge is 2.25. The Kier molecular flexibility index (Phi) is 8.53. The third-order valence-electron chi connectivity index (χ3n) is 6.50. The Morgan fingerprint density at radius 2 is 1.87 bits per heavy atom. The number of amides is 1. The molecule has 1 amide bonds. The molecule has 0 radical (unpaired) electrons. The van der Waals surface area contributed by atoms with Crippen LogP contribution in [0.1, 0.15) is 44.8 Å². The van der Waals surface area contributed by atoms with Gasteiger partial charge in [0, 0.05) is 45.2 Å². The van der Waals surface area contributed by atoms with E-state index >= 15 is 0 Å². The molecule has 2 N–H and O–H groups in total. The maximum Gasteiger partial charge on any atom is 0.254 e. The Balaban J connectivity index is 1.32. The lowest BCUT2D eigenvalue weighted by Crippen LogP contribution is -2.30. The molecule has 202 valence electrons. The van der Waals surface area contributed by atoms with Crippen LogP contribution in [0.15, 0.2) is 63.0 Å². The molecular weight excluding hydrogens is 504 g/mol. The molecule has 0 bridgehead atoms. The average Bonchev–Trinajstić information content (AvgIpc) is 3.39. The van der Waals surface area contributed by atoms with E-state index in [1.54, 1.807) is 39.2 Å². The molecule has 1 aliphatic rings. The maximum absolute atomic E-state index is 13.2. The monoisotopic (exact) mass is 538 g/mol. The summed E-state index contributed by atoms with van der Waals surface area (Å²) in [7, 11) is -0.619. The van der Waals surface area contributed by atoms with Crippen molar-refractivity contribution < 1.29 is 22.4 Å². The number of ether oxygens (including phenoxy) is 1. The van der Waals surface area contributed by atoms with Crippen molar-refractivity contribution in [1.82, 2.24) is 14.9 Å². The number of amidine groups is 1. The maximum atomic E-state index is 13.2. The molecule has 0 aliphatic carbocycles. The summed E-state index contributed by atoms with van der Waals surface area (Å²) in [5, 5.41) is 6.20. The van der Waals surface area contributed by atoms with Crippen molar-refractivity contribution in [1.29, 1.82) is 0 Å². The van der Waals surface area contributed by atoms with Gasteiger partial charge in [0.1, 0.15) is 23.6 Å². The summed E-state index contributed by atoms with van der Waals surface area (Å²) in [6.45, 7) is 5.85. The van der Waals surface area contributed by atoms with Crippen molar-refractivity contribution in [3.05, 3.63) is 82.3 Å². The summed E-state index contributed by atoms with van der Waals surface area (Å²) in [5.74, 6) is 1.80. The van der Waals surface area contributed by atoms with Gasteiger partial charge in [-0.1, -0.05) is 24.3 Å². The first kappa shape index (κ1) is 27.4. The fourth-order valence-electron chi connectivity index (χ4n) is 4.40. The highest BCUT2D eigenvalue weighted by molar-refractivity contribution is 7.89. The largest absolute Gasteiger partial charge is 0.497 e. The molecule has 0 spiro atoms. The van der Waals surface area contributed by atoms with Gasteiger partial charge in [0.2, 0.25) is 10.0 Å². The second kappa shape index (κ2) is 11.8. The molecule has 0 saturated carbocycles. The average molecular weight is 539 g/mol. The Labute approximate surface area is 224 Å². The molecule has 4 rings (SSSR count). The molecule has 9 nitrogen and oxygen atoms in total. The number of nitrogens with zero attached hydrogens (tertiary/aromatic N) is 2. The highest BCUT2D eigenvalue weighted by Crippen LogP contribution is 2.28. The predicted octanol–water partition coefficient (Wildman–Crippen LogP) is 3.44. The van der Waals surface area contributed by atoms with E-state index in [-0.39, 0.29) is 17.3 Å². The first-order chi connectivity index (χ1) is 18.2. The van der Waals surface area contributed by atoms with Crippen LogP contribution in [0.4, 0.5) is 0 Å². The first-order valence-electron chi connectivity index (χ1n) is 12.5. The standard InChI is InChI=1S/C28H34N4O5S/c1-19-14-25(36-4)15-20(2)26(19)38(34,35)32(3)13-10-24-16-23(18-37-24)28(33)31-17-21-6-8-22(9-7-21)27-29-11-5-12-30-27/h6-9,14-16,18H,5,10-13,17H2,1-4H3,(H,29,30)(H,31,33). The van der Waals surface area contributed by atoms with Crippen molar-refractivity contribution in [3.63, 3.8) is 0 Å². The summed E-state index contributed by atoms with van der Waals surface area (Å²) < 4.78 is 38.5. The molecule has 0 unspecified atom stereocenters. The molecular formula is C28H34N4O5S. The zero-order valence-electron chi connectivity index (χ0n) is 22.2. The van der Waals surface area contributed by atoms with Crippen LogP contribution in [0.25, 0.3) is 0 Å². The molecule has 2 heterocycles. The van der Waals surface area contributed by atoms with E-state index in [1.165, 1.54) is 17.6 Å². The van der Waals surface area contributed by atoms with Gasteiger partial charge in [-0.05, 0) is 55.2 Å². The number of hydrogen-bond acceptors (Lipinski definition) is 7. The van der Waals surface area contributed by atoms with E-state index in [0.29, 0.717) is 41.2 Å². The summed E-state index contributed by atoms with van der Waals surface area (Å²) in [6, 6.07) is 13.0. The lowest BCUT2D eigenvalue weighted by atomic mass is 10.1. The minimum Gasteiger partial charge on any atom is -0.497 e. The summed E-state index contributed by atoms with van der Waals surface area (Å²) in [4.78, 5) is 17.4. The van der Waals surface area contributed by atoms with Gasteiger partial charge in [0.05, 0.1) is 17.6 Å². The fraction of sp³-hybridized carbons (Fsp3) is 0.357. The van der Waals surface area contributed by atoms with Crippen molar-refractivity contribution in [2.24, 2.45) is 4.99 Å². The molecule has 1 aliphatic heterocycles. The second-order valence-electron chi connectivity index (χ2n) is 9.36. The number of sulfonamides is 1. The van der Waals surface area contributed by atoms with Crippen LogP contribution in [-0.2, 0) is 23.0 Å². The number of aryl methyl sites for hydroxylation is 2. The number of nitrogens with one attached hydrogen (secondary N) is 2. The predicted molar refractivity (Wildman–Crippen MR) is 146 cm³/mol. The highest BCUT2D eigenvalue weighted by atomic mass is 32.2. The first-order valence-corrected chi connectivity index (χ1v) is 14.0. The van der Waals surface area contributed by atoms with Gasteiger partial charge >= 0.3 is 0 Å². The number of methoxy groups -OCH3 is 1. The Morgan fingerprint density at radius 1 is 1.16 bits per heavy atom. The zero-order chi connectivity index (χ0) is 27.3. The van der Waals surface area contributed by atoms with Crippen molar-refractivity contribution in [2.75, 3.05) is 33.8 Å². The van der Waals surface area contributed by atoms with Gasteiger partial charge in [-0.2, -0.15) is 0 Å². The lowest BCUT2D eigenvalue weighted by molar-refractivity contribution is 0.0950. The number of rotatable bonds is 10. The summed E-state index contributed by atoms with van der Waals surface area (Å²) in [5.41, 5.74) is 3.64. The number of hydrogen-bond donors (Lipinski definition) is 2. The fourth-order valence-corrected chi connectivity index (χ4v) is 5.98. The van der Waals surface area contributed by atoms with Crippen molar-refractivity contribution >= 4 is 21.8 Å². The van der Waals surface area contributed by atoms with Crippen LogP contribution in [0.3, 0.4) is 0 Å². The summed E-state index contributed by atoms with van der Waals surface area (Å²) >= 11 is 0. The van der Waals surface area contributed by atoms with Gasteiger partial charge < -0.3 is 19.8 Å². The van der Waals surface area contributed by atoms with E-state index in [0.717, 1.165) is 36.5 Å². The minimum atomic E-state index is -3.71. The van der Waals surface area contributed by atoms with Crippen molar-refractivity contribution in [2.45, 2.75) is 38.1 Å². The van der Waals surface area contributed by atoms with E-state index in [1.807, 2.05) is 24.3 Å². The second-order valence-corrected chi connectivity index (χ2v) is 11.3. The number of benzene rings is 2. The van der Waals surface area contributed by atoms with Crippen LogP contribution >= 0.6 is 0 Å². The smallest absolute Gasteiger partial charge is 0.254 e. The van der Waals surface area contributed by atoms with Crippen LogP contribution in [0.5, 0.6) is 5.75 Å². The van der Waals surface area contributed by atoms with E-state index in [4.69, 9.17) is 9.15 Å². The van der Waals surface area contributed by atoms with E-state index in [9.17, 15) is 13.2 Å². The van der Waals surface area contributed by atoms with Crippen LogP contribution in [-0.4, -0.2) is 58.3 Å². The normalized spacial score (nSPS) is 13.7. The molecule has 1 aromatic heterocycles. The lowest BCUT2D eigenvalue weighted by Gasteiger charge is -2.20. The van der Waals surface area contributed by atoms with Crippen LogP contribution < -0.4 is 15.4 Å². The molecule has 3 aromatic rings. The third-order valence-corrected chi connectivity index (χ3v) is 8.67. The van der Waals surface area contributed by atoms with Crippen molar-refractivity contribution in [3.8, 4) is 5.75 Å². The Morgan fingerprint density at radius 3 is 2.50 bits per heavy atom. The summed E-state index contributed by atoms with van der Waals surface area (Å²) in [6.07, 6.45) is 2.77. The quantitative estimate of drug-likeness (QED) is 0.409. The number of furan rings is 1. The molecule has 0 saturated heterocycles. The van der Waals surface area contributed by atoms with Crippen LogP contribution in [0.2, 0.25) is 0 Å². The van der Waals surface area contributed by atoms with Gasteiger partial charge in [0.25, 0.3) is 5.91 Å². The van der Waals surface area contributed by atoms with Crippen LogP contribution in [0, 0.1) is 13.8 Å². The van der Waals surface area contributed by atoms with Gasteiger partial charge in [-0.3, -0.25) is 9.79 Å². The number of aliphatic imine (C=N–C) groups is 1. The van der Waals surface area contributed by atoms with Gasteiger partial charge in [-0.25, -0.2) is 12.7 Å². The van der Waals surface area contributed by atoms with E-state index < -0.39 is 10.0 Å². The van der Waals surface area contributed by atoms with E-state index in [2.05, 4.69) is 15.6 Å². The molecule has 0 atom stereocenters. The SMILES string of the molecule is COc1cc(C)c(S(=O)(=O)N(C)CCc2cc(C(=O)NCc3ccc(C4=NCCCN4)cc3)co2)c(C)c1. The Bertz CT molecular complexity index is 1400. The van der Waals surface area contributed by atoms with Gasteiger partial charge in [-0.15, -0.1) is 0 Å². The molecule has 2 aromatic carbocycles. The molecule has 38 heavy (non-hydrogen) atoms. The molecule has 0 fully saturated rings. The number of likely N-dealkylation sites (N-methyl/N-ethyl adjacent to an activating group) is 1. The third kappa shape index (κ3) is 6.25. The Hall–Kier alpha value is -3.63. The topological polar surface area (TPSA) is 113 Å². The minimum absolute atomic E-state index is 0.203. The van der Waals surface area contributed by atoms with Gasteiger partial charge in [0.15, 0.2) is 0 Å². The zero-order valence-corrected chi connectivity index (χ0v) is 23.0. The molecule has 10 heteroatoms.